The molecule has 0 aromatic rings. The first-order valence-electron chi connectivity index (χ1n) is 1.08. The number of hydrogen-bond donors (Lipinski definition) is 0. The average molecular weight is 91.9 g/mol. The molecule has 0 bridgehead atoms. The maximum atomic E-state index is 4.50. The minimum atomic E-state index is 0. The molecule has 1 nitrogen and oxygen atoms in total. The van der Waals surface area contributed by atoms with Crippen LogP contribution in [0.2, 0.25) is 0 Å². The first-order chi connectivity index (χ1) is 1.50. The normalized spacial score (nSPS) is 18.0. The minimum Gasteiger partial charge on any atom is -0.377 e. The van der Waals surface area contributed by atoms with Crippen molar-refractivity contribution in [2.75, 3.05) is 13.2 Å². The third kappa shape index (κ3) is 2.67. The summed E-state index contributed by atoms with van der Waals surface area (Å²) in [6.07, 6.45) is 0. The molecule has 0 N–H and O–H groups in total. The van der Waals surface area contributed by atoms with E-state index in [1.54, 1.807) is 0 Å². The molecule has 1 heterocycles. The molecule has 0 aromatic carbocycles. The van der Waals surface area contributed by atoms with E-state index >= 15 is 0 Å². The Morgan fingerprint density at radius 1 is 1.25 bits per heavy atom. The molecule has 22 valence electrons. The minimum absolute atomic E-state index is 0. The topological polar surface area (TPSA) is 12.5 Å². The molecule has 0 aliphatic carbocycles. The maximum absolute atomic E-state index is 4.50. The van der Waals surface area contributed by atoms with E-state index < -0.39 is 0 Å². The number of epoxide rings is 1. The molecule has 1 fully saturated rings. The quantitative estimate of drug-likeness (QED) is 0.303. The van der Waals surface area contributed by atoms with Gasteiger partial charge in [-0.05, 0) is 0 Å². The molecule has 0 saturated carbocycles. The van der Waals surface area contributed by atoms with Crippen molar-refractivity contribution in [3.63, 3.8) is 0 Å². The summed E-state index contributed by atoms with van der Waals surface area (Å²) in [6.45, 7) is 2.00. The van der Waals surface area contributed by atoms with Crippen LogP contribution in [-0.4, -0.2) is 13.2 Å². The Labute approximate surface area is 40.2 Å². The largest absolute Gasteiger partial charge is 0.377 e. The van der Waals surface area contributed by atoms with Crippen LogP contribution < -0.4 is 0 Å². The molecule has 4 heavy (non-hydrogen) atoms. The monoisotopic (exact) mass is 92.0 g/mol. The Balaban J connectivity index is 0.0000000900. The molecule has 0 aromatic heterocycles. The van der Waals surface area contributed by atoms with Crippen molar-refractivity contribution in [1.82, 2.24) is 0 Å². The van der Waals surface area contributed by atoms with Gasteiger partial charge in [0.2, 0.25) is 0 Å². The second kappa shape index (κ2) is 1.95. The van der Waals surface area contributed by atoms with Crippen molar-refractivity contribution < 1.29 is 26.5 Å². The Bertz CT molecular complexity index is 10.8. The maximum Gasteiger partial charge on any atom is 0.0701 e. The molecule has 0 radical (unpaired) electrons. The van der Waals surface area contributed by atoms with Crippen LogP contribution in [0.4, 0.5) is 0 Å². The van der Waals surface area contributed by atoms with E-state index in [1.807, 2.05) is 0 Å². The fourth-order valence-corrected chi connectivity index (χ4v) is 0. The average Bonchev–Trinajstić information content (AvgIpc) is 1.46. The zero-order valence-corrected chi connectivity index (χ0v) is 3.88. The van der Waals surface area contributed by atoms with Gasteiger partial charge in [0.1, 0.15) is 0 Å². The zero-order chi connectivity index (χ0) is 2.12. The smallest absolute Gasteiger partial charge is 0.0701 e. The zero-order valence-electron chi connectivity index (χ0n) is 2.32. The van der Waals surface area contributed by atoms with Gasteiger partial charge in [0.15, 0.2) is 0 Å². The van der Waals surface area contributed by atoms with Crippen molar-refractivity contribution in [2.24, 2.45) is 0 Å². The van der Waals surface area contributed by atoms with Crippen molar-refractivity contribution in [3.05, 3.63) is 0 Å². The summed E-state index contributed by atoms with van der Waals surface area (Å²) < 4.78 is 4.50. The first-order valence-corrected chi connectivity index (χ1v) is 1.08. The van der Waals surface area contributed by atoms with Crippen LogP contribution in [0.1, 0.15) is 0 Å². The van der Waals surface area contributed by atoms with E-state index in [9.17, 15) is 0 Å². The van der Waals surface area contributed by atoms with Crippen LogP contribution in [0.5, 0.6) is 0 Å². The van der Waals surface area contributed by atoms with E-state index in [2.05, 4.69) is 4.74 Å². The summed E-state index contributed by atoms with van der Waals surface area (Å²) in [5.74, 6) is 0. The van der Waals surface area contributed by atoms with Gasteiger partial charge in [-0.25, -0.2) is 0 Å². The van der Waals surface area contributed by atoms with Crippen LogP contribution in [-0.2, 0) is 26.5 Å². The van der Waals surface area contributed by atoms with Gasteiger partial charge in [-0.15, -0.1) is 0 Å². The third-order valence-electron chi connectivity index (χ3n) is 0.204. The predicted molar refractivity (Wildman–Crippen MR) is 10.8 cm³/mol. The van der Waals surface area contributed by atoms with Gasteiger partial charge in [0.25, 0.3) is 0 Å². The van der Waals surface area contributed by atoms with Gasteiger partial charge in [0.05, 0.1) is 13.2 Å². The van der Waals surface area contributed by atoms with Crippen LogP contribution in [0, 0.1) is 0 Å². The molecule has 1 saturated heterocycles. The standard InChI is InChI=1S/C2H4O.Ti/c1-2-3-1;/h1-2H2;. The fraction of sp³-hybridized carbons (Fsp3) is 1.00. The third-order valence-corrected chi connectivity index (χ3v) is 0.204. The van der Waals surface area contributed by atoms with Gasteiger partial charge in [-0.1, -0.05) is 0 Å². The van der Waals surface area contributed by atoms with Crippen molar-refractivity contribution in [3.8, 4) is 0 Å². The van der Waals surface area contributed by atoms with Gasteiger partial charge in [0, 0.05) is 21.7 Å². The number of rotatable bonds is 0. The van der Waals surface area contributed by atoms with E-state index in [-0.39, 0.29) is 21.7 Å². The van der Waals surface area contributed by atoms with Crippen LogP contribution in [0.15, 0.2) is 0 Å². The molecule has 2 heteroatoms. The van der Waals surface area contributed by atoms with Crippen LogP contribution in [0.25, 0.3) is 0 Å². The molecule has 1 aliphatic rings. The molecule has 0 unspecified atom stereocenters. The van der Waals surface area contributed by atoms with Crippen molar-refractivity contribution in [1.29, 1.82) is 0 Å². The molecular formula is C2H4OTi. The molecule has 0 atom stereocenters. The van der Waals surface area contributed by atoms with Crippen molar-refractivity contribution >= 4 is 0 Å². The van der Waals surface area contributed by atoms with Crippen LogP contribution in [0.3, 0.4) is 0 Å². The van der Waals surface area contributed by atoms with Crippen LogP contribution >= 0.6 is 0 Å². The Kier molecular flexibility index (Phi) is 2.27. The Hall–Kier alpha value is 0.674. The van der Waals surface area contributed by atoms with E-state index in [0.717, 1.165) is 13.2 Å². The van der Waals surface area contributed by atoms with Gasteiger partial charge < -0.3 is 4.74 Å². The summed E-state index contributed by atoms with van der Waals surface area (Å²) in [5, 5.41) is 0. The second-order valence-electron chi connectivity index (χ2n) is 0.612. The summed E-state index contributed by atoms with van der Waals surface area (Å²) in [6, 6.07) is 0. The molecule has 1 rings (SSSR count). The molecular weight excluding hydrogens is 87.9 g/mol. The van der Waals surface area contributed by atoms with Gasteiger partial charge in [-0.3, -0.25) is 0 Å². The van der Waals surface area contributed by atoms with Crippen molar-refractivity contribution in [2.45, 2.75) is 0 Å². The van der Waals surface area contributed by atoms with Gasteiger partial charge >= 0.3 is 0 Å². The predicted octanol–water partition coefficient (Wildman–Crippen LogP) is 0.0141. The first kappa shape index (κ1) is 4.67. The number of hydrogen-bond acceptors (Lipinski definition) is 1. The van der Waals surface area contributed by atoms with E-state index in [0.29, 0.717) is 0 Å². The van der Waals surface area contributed by atoms with E-state index in [1.165, 1.54) is 0 Å². The van der Waals surface area contributed by atoms with E-state index in [4.69, 9.17) is 0 Å². The fourth-order valence-electron chi connectivity index (χ4n) is 0. The summed E-state index contributed by atoms with van der Waals surface area (Å²) >= 11 is 0. The SMILES string of the molecule is C1CO1.[Ti]. The molecule has 0 amide bonds. The second-order valence-corrected chi connectivity index (χ2v) is 0.612. The summed E-state index contributed by atoms with van der Waals surface area (Å²) in [4.78, 5) is 0. The summed E-state index contributed by atoms with van der Waals surface area (Å²) in [7, 11) is 0. The number of ether oxygens (including phenoxy) is 1. The Morgan fingerprint density at radius 3 is 1.50 bits per heavy atom. The molecule has 1 aliphatic heterocycles. The summed E-state index contributed by atoms with van der Waals surface area (Å²) in [5.41, 5.74) is 0. The molecule has 0 spiro atoms. The van der Waals surface area contributed by atoms with Gasteiger partial charge in [-0.2, -0.15) is 0 Å². The Morgan fingerprint density at radius 2 is 1.50 bits per heavy atom.